The van der Waals surface area contributed by atoms with Crippen LogP contribution >= 0.6 is 0 Å². The number of ether oxygens (including phenoxy) is 1. The number of methoxy groups -OCH3 is 1. The Morgan fingerprint density at radius 1 is 1.29 bits per heavy atom. The average molecular weight is 288 g/mol. The molecule has 1 heterocycles. The van der Waals surface area contributed by atoms with E-state index in [0.29, 0.717) is 16.9 Å². The van der Waals surface area contributed by atoms with Crippen LogP contribution in [0.2, 0.25) is 0 Å². The number of nitrogens with one attached hydrogen (secondary N) is 1. The van der Waals surface area contributed by atoms with E-state index in [1.165, 1.54) is 17.9 Å². The number of H-pyrrole nitrogens is 1. The molecule has 0 aliphatic heterocycles. The number of carbonyl (C=O) groups is 1. The zero-order chi connectivity index (χ0) is 15.6. The Bertz CT molecular complexity index is 802. The van der Waals surface area contributed by atoms with E-state index in [1.54, 1.807) is 25.1 Å². The smallest absolute Gasteiger partial charge is 0.328 e. The van der Waals surface area contributed by atoms with Crippen molar-refractivity contribution in [3.05, 3.63) is 61.9 Å². The van der Waals surface area contributed by atoms with E-state index in [1.807, 2.05) is 6.92 Å². The van der Waals surface area contributed by atoms with Gasteiger partial charge in [-0.2, -0.15) is 0 Å². The molecule has 2 aromatic rings. The van der Waals surface area contributed by atoms with E-state index in [9.17, 15) is 14.4 Å². The highest BCUT2D eigenvalue weighted by molar-refractivity contribution is 5.98. The number of hydrogen-bond acceptors (Lipinski definition) is 4. The van der Waals surface area contributed by atoms with Gasteiger partial charge in [-0.3, -0.25) is 19.1 Å². The third kappa shape index (κ3) is 3.10. The van der Waals surface area contributed by atoms with Gasteiger partial charge in [0.25, 0.3) is 5.56 Å². The summed E-state index contributed by atoms with van der Waals surface area (Å²) in [5.41, 5.74) is 0.694. The molecular weight excluding hydrogens is 272 g/mol. The first-order valence-electron chi connectivity index (χ1n) is 6.40. The summed E-state index contributed by atoms with van der Waals surface area (Å²) in [5, 5.41) is 0. The quantitative estimate of drug-likeness (QED) is 0.852. The molecular formula is C15H16N2O4. The molecule has 0 spiro atoms. The van der Waals surface area contributed by atoms with Crippen LogP contribution in [-0.2, 0) is 6.54 Å². The molecule has 6 heteroatoms. The lowest BCUT2D eigenvalue weighted by Gasteiger charge is -2.10. The summed E-state index contributed by atoms with van der Waals surface area (Å²) in [5.74, 6) is 0.203. The molecule has 2 rings (SSSR count). The SMILES string of the molecule is COc1cc(C)ccc1C(=O)Cn1cc(C)c(=O)[nH]c1=O. The highest BCUT2D eigenvalue weighted by atomic mass is 16.5. The molecule has 21 heavy (non-hydrogen) atoms. The van der Waals surface area contributed by atoms with Gasteiger partial charge < -0.3 is 4.74 Å². The normalized spacial score (nSPS) is 10.4. The van der Waals surface area contributed by atoms with Crippen LogP contribution < -0.4 is 16.0 Å². The van der Waals surface area contributed by atoms with E-state index in [4.69, 9.17) is 4.74 Å². The highest BCUT2D eigenvalue weighted by Crippen LogP contribution is 2.20. The molecule has 0 aliphatic rings. The van der Waals surface area contributed by atoms with E-state index in [2.05, 4.69) is 4.98 Å². The Balaban J connectivity index is 2.37. The summed E-state index contributed by atoms with van der Waals surface area (Å²) >= 11 is 0. The van der Waals surface area contributed by atoms with Crippen LogP contribution in [0, 0.1) is 13.8 Å². The van der Waals surface area contributed by atoms with E-state index in [0.717, 1.165) is 5.56 Å². The van der Waals surface area contributed by atoms with Crippen molar-refractivity contribution in [1.82, 2.24) is 9.55 Å². The van der Waals surface area contributed by atoms with Crippen molar-refractivity contribution in [3.8, 4) is 5.75 Å². The second kappa shape index (κ2) is 5.78. The standard InChI is InChI=1S/C15H16N2O4/c1-9-4-5-11(13(6-9)21-3)12(18)8-17-7-10(2)14(19)16-15(17)20/h4-7H,8H2,1-3H3,(H,16,19,20). The Kier molecular flexibility index (Phi) is 4.07. The lowest BCUT2D eigenvalue weighted by atomic mass is 10.1. The Labute approximate surface area is 121 Å². The van der Waals surface area contributed by atoms with Crippen LogP contribution in [0.15, 0.2) is 34.0 Å². The summed E-state index contributed by atoms with van der Waals surface area (Å²) in [7, 11) is 1.49. The molecule has 0 saturated heterocycles. The number of benzene rings is 1. The average Bonchev–Trinajstić information content (AvgIpc) is 2.44. The van der Waals surface area contributed by atoms with Crippen LogP contribution in [0.25, 0.3) is 0 Å². The predicted molar refractivity (Wildman–Crippen MR) is 78.1 cm³/mol. The minimum Gasteiger partial charge on any atom is -0.496 e. The lowest BCUT2D eigenvalue weighted by Crippen LogP contribution is -2.32. The van der Waals surface area contributed by atoms with Gasteiger partial charge in [-0.1, -0.05) is 6.07 Å². The van der Waals surface area contributed by atoms with Gasteiger partial charge in [-0.05, 0) is 31.5 Å². The van der Waals surface area contributed by atoms with Gasteiger partial charge in [-0.15, -0.1) is 0 Å². The Hall–Kier alpha value is -2.63. The molecule has 0 radical (unpaired) electrons. The number of aromatic amines is 1. The first kappa shape index (κ1) is 14.8. The number of Topliss-reactive ketones (excluding diaryl/α,β-unsaturated/α-hetero) is 1. The number of aryl methyl sites for hydroxylation is 2. The number of aromatic nitrogens is 2. The first-order valence-corrected chi connectivity index (χ1v) is 6.40. The third-order valence-electron chi connectivity index (χ3n) is 3.16. The molecule has 6 nitrogen and oxygen atoms in total. The number of hydrogen-bond donors (Lipinski definition) is 1. The largest absolute Gasteiger partial charge is 0.496 e. The molecule has 1 N–H and O–H groups in total. The molecule has 1 aromatic carbocycles. The second-order valence-electron chi connectivity index (χ2n) is 4.83. The van der Waals surface area contributed by atoms with Gasteiger partial charge in [0, 0.05) is 11.8 Å². The van der Waals surface area contributed by atoms with Gasteiger partial charge >= 0.3 is 5.69 Å². The number of rotatable bonds is 4. The third-order valence-corrected chi connectivity index (χ3v) is 3.16. The molecule has 0 aliphatic carbocycles. The molecule has 0 saturated carbocycles. The first-order chi connectivity index (χ1) is 9.92. The number of carbonyl (C=O) groups excluding carboxylic acids is 1. The zero-order valence-electron chi connectivity index (χ0n) is 12.1. The fourth-order valence-electron chi connectivity index (χ4n) is 2.00. The maximum atomic E-state index is 12.3. The minimum atomic E-state index is -0.606. The minimum absolute atomic E-state index is 0.157. The van der Waals surface area contributed by atoms with Crippen LogP contribution in [-0.4, -0.2) is 22.4 Å². The Morgan fingerprint density at radius 2 is 2.00 bits per heavy atom. The highest BCUT2D eigenvalue weighted by Gasteiger charge is 2.14. The topological polar surface area (TPSA) is 81.2 Å². The van der Waals surface area contributed by atoms with Crippen molar-refractivity contribution < 1.29 is 9.53 Å². The summed E-state index contributed by atoms with van der Waals surface area (Å²) in [6.45, 7) is 3.31. The van der Waals surface area contributed by atoms with E-state index >= 15 is 0 Å². The fourth-order valence-corrected chi connectivity index (χ4v) is 2.00. The van der Waals surface area contributed by atoms with Gasteiger partial charge in [0.2, 0.25) is 0 Å². The van der Waals surface area contributed by atoms with Crippen molar-refractivity contribution in [3.63, 3.8) is 0 Å². The molecule has 0 amide bonds. The molecule has 0 bridgehead atoms. The fraction of sp³-hybridized carbons (Fsp3) is 0.267. The van der Waals surface area contributed by atoms with Crippen LogP contribution in [0.1, 0.15) is 21.5 Å². The van der Waals surface area contributed by atoms with Gasteiger partial charge in [0.05, 0.1) is 19.2 Å². The van der Waals surface area contributed by atoms with Gasteiger partial charge in [-0.25, -0.2) is 4.79 Å². The van der Waals surface area contributed by atoms with Crippen molar-refractivity contribution in [2.24, 2.45) is 0 Å². The summed E-state index contributed by atoms with van der Waals surface area (Å²) in [4.78, 5) is 37.5. The maximum absolute atomic E-state index is 12.3. The van der Waals surface area contributed by atoms with Gasteiger partial charge in [0.15, 0.2) is 5.78 Å². The molecule has 110 valence electrons. The second-order valence-corrected chi connectivity index (χ2v) is 4.83. The Morgan fingerprint density at radius 3 is 2.67 bits per heavy atom. The number of nitrogens with zero attached hydrogens (tertiary/aromatic N) is 1. The van der Waals surface area contributed by atoms with Crippen molar-refractivity contribution in [2.75, 3.05) is 7.11 Å². The van der Waals surface area contributed by atoms with Crippen LogP contribution in [0.3, 0.4) is 0 Å². The predicted octanol–water partition coefficient (Wildman–Crippen LogP) is 1.04. The monoisotopic (exact) mass is 288 g/mol. The molecule has 0 atom stereocenters. The van der Waals surface area contributed by atoms with Crippen LogP contribution in [0.5, 0.6) is 5.75 Å². The summed E-state index contributed by atoms with van der Waals surface area (Å²) in [6.07, 6.45) is 1.37. The van der Waals surface area contributed by atoms with E-state index in [-0.39, 0.29) is 12.3 Å². The molecule has 1 aromatic heterocycles. The lowest BCUT2D eigenvalue weighted by molar-refractivity contribution is 0.0967. The summed E-state index contributed by atoms with van der Waals surface area (Å²) in [6, 6.07) is 5.23. The van der Waals surface area contributed by atoms with Crippen molar-refractivity contribution >= 4 is 5.78 Å². The molecule has 0 fully saturated rings. The summed E-state index contributed by atoms with van der Waals surface area (Å²) < 4.78 is 6.37. The maximum Gasteiger partial charge on any atom is 0.328 e. The van der Waals surface area contributed by atoms with E-state index < -0.39 is 11.2 Å². The number of ketones is 1. The van der Waals surface area contributed by atoms with Crippen molar-refractivity contribution in [2.45, 2.75) is 20.4 Å². The molecule has 0 unspecified atom stereocenters. The van der Waals surface area contributed by atoms with Crippen molar-refractivity contribution in [1.29, 1.82) is 0 Å². The van der Waals surface area contributed by atoms with Gasteiger partial charge in [0.1, 0.15) is 5.75 Å². The van der Waals surface area contributed by atoms with Crippen LogP contribution in [0.4, 0.5) is 0 Å². The zero-order valence-corrected chi connectivity index (χ0v) is 12.1.